The second-order valence-electron chi connectivity index (χ2n) is 10.3. The number of aromatic nitrogens is 3. The molecule has 0 radical (unpaired) electrons. The first kappa shape index (κ1) is 35.2. The predicted octanol–water partition coefficient (Wildman–Crippen LogP) is 4.86. The van der Waals surface area contributed by atoms with Crippen LogP contribution in [-0.4, -0.2) is 76.0 Å². The van der Waals surface area contributed by atoms with E-state index < -0.39 is 17.7 Å². The first-order valence-electron chi connectivity index (χ1n) is 14.1. The number of rotatable bonds is 8. The van der Waals surface area contributed by atoms with E-state index in [9.17, 15) is 18.4 Å². The first-order chi connectivity index (χ1) is 21.6. The number of thioether (sulfide) groups is 1. The number of aryl methyl sites for hydroxylation is 1. The lowest BCUT2D eigenvalue weighted by Gasteiger charge is -2.41. The molecule has 1 saturated carbocycles. The summed E-state index contributed by atoms with van der Waals surface area (Å²) in [5, 5.41) is 8.93. The van der Waals surface area contributed by atoms with Crippen molar-refractivity contribution in [3.05, 3.63) is 59.2 Å². The number of pyridine rings is 1. The molecule has 2 fully saturated rings. The third kappa shape index (κ3) is 9.62. The number of aliphatic hydroxyl groups is 1. The summed E-state index contributed by atoms with van der Waals surface area (Å²) < 4.78 is 32.2. The number of nitrogens with two attached hydrogens (primary N) is 1. The summed E-state index contributed by atoms with van der Waals surface area (Å²) in [6, 6.07) is 6.56. The van der Waals surface area contributed by atoms with E-state index in [-0.39, 0.29) is 21.7 Å². The fourth-order valence-corrected chi connectivity index (χ4v) is 5.03. The quantitative estimate of drug-likeness (QED) is 0.153. The van der Waals surface area contributed by atoms with Gasteiger partial charge in [-0.05, 0) is 80.9 Å². The van der Waals surface area contributed by atoms with Crippen LogP contribution in [0.5, 0.6) is 5.75 Å². The molecule has 1 saturated heterocycles. The molecule has 1 aliphatic heterocycles. The molecule has 2 aromatic heterocycles. The summed E-state index contributed by atoms with van der Waals surface area (Å²) in [5.74, 6) is 7.00. The number of benzene rings is 1. The minimum absolute atomic E-state index is 0.216. The van der Waals surface area contributed by atoms with Crippen LogP contribution in [0.15, 0.2) is 46.7 Å². The smallest absolute Gasteiger partial charge is 0.280 e. The van der Waals surface area contributed by atoms with E-state index in [0.717, 1.165) is 36.6 Å². The van der Waals surface area contributed by atoms with Crippen molar-refractivity contribution in [1.82, 2.24) is 19.9 Å². The lowest BCUT2D eigenvalue weighted by Crippen LogP contribution is -2.58. The molecule has 0 atom stereocenters. The van der Waals surface area contributed by atoms with Gasteiger partial charge in [-0.2, -0.15) is 0 Å². The van der Waals surface area contributed by atoms with Gasteiger partial charge in [0.25, 0.3) is 6.43 Å². The van der Waals surface area contributed by atoms with Gasteiger partial charge in [-0.15, -0.1) is 0 Å². The van der Waals surface area contributed by atoms with Gasteiger partial charge in [0.05, 0.1) is 38.2 Å². The average molecular weight is 639 g/mol. The maximum absolute atomic E-state index is 13.5. The molecule has 1 aliphatic carbocycles. The van der Waals surface area contributed by atoms with Crippen LogP contribution < -0.4 is 10.5 Å². The Kier molecular flexibility index (Phi) is 12.7. The van der Waals surface area contributed by atoms with Crippen molar-refractivity contribution in [3.8, 4) is 28.7 Å². The standard InChI is InChI=1S/C26H22F2N4O2S.C5H9NO2.CH5N/c1-4-15-8-10-18(19(11-15)20-12-21(23(27)28)30-14-22(20)34-3)26(33)35-25-24(29-2)31-13-17(32-25)9-7-16-5-6-16;1-5(8)2-6(3-5)4-7;1-2/h8,10-14,16,23H,2,4-6H2,1,3H3;4,8H,2-3H2,1H3;2H2,1H3. The average Bonchev–Trinajstić information content (AvgIpc) is 3.88. The lowest BCUT2D eigenvalue weighted by atomic mass is 9.96. The molecule has 1 aromatic carbocycles. The lowest BCUT2D eigenvalue weighted by molar-refractivity contribution is -0.138. The SMILES string of the molecule is C=Nc1ncc(C#CC2CC2)nc1SC(=O)c1ccc(CC)cc1-c1cc(C(F)F)ncc1OC.CC1(O)CN(C=O)C1.CN. The van der Waals surface area contributed by atoms with E-state index in [0.29, 0.717) is 47.8 Å². The molecule has 0 bridgehead atoms. The van der Waals surface area contributed by atoms with E-state index >= 15 is 0 Å². The third-order valence-corrected chi connectivity index (χ3v) is 7.49. The number of aliphatic imine (C=N–C) groups is 1. The molecule has 1 amide bonds. The number of β-amino-alcohol motifs (C(OH)–C–C–N with tert-alkyl or cyclic N) is 1. The maximum atomic E-state index is 13.5. The van der Waals surface area contributed by atoms with Crippen molar-refractivity contribution >= 4 is 35.8 Å². The van der Waals surface area contributed by atoms with Crippen LogP contribution in [-0.2, 0) is 11.2 Å². The van der Waals surface area contributed by atoms with Crippen LogP contribution in [0.3, 0.4) is 0 Å². The second kappa shape index (κ2) is 16.2. The molecule has 5 rings (SSSR count). The van der Waals surface area contributed by atoms with E-state index in [1.165, 1.54) is 37.5 Å². The molecule has 13 heteroatoms. The van der Waals surface area contributed by atoms with Gasteiger partial charge in [-0.3, -0.25) is 14.6 Å². The molecule has 3 N–H and O–H groups in total. The molecule has 238 valence electrons. The molecule has 10 nitrogen and oxygen atoms in total. The Morgan fingerprint density at radius 3 is 2.51 bits per heavy atom. The number of ether oxygens (including phenoxy) is 1. The zero-order chi connectivity index (χ0) is 33.1. The van der Waals surface area contributed by atoms with Gasteiger partial charge in [0.2, 0.25) is 11.5 Å². The number of alkyl halides is 2. The monoisotopic (exact) mass is 638 g/mol. The third-order valence-electron chi connectivity index (χ3n) is 6.61. The topological polar surface area (TPSA) is 144 Å². The largest absolute Gasteiger partial charge is 0.494 e. The zero-order valence-electron chi connectivity index (χ0n) is 25.6. The van der Waals surface area contributed by atoms with Crippen LogP contribution >= 0.6 is 11.8 Å². The summed E-state index contributed by atoms with van der Waals surface area (Å²) >= 11 is 0.840. The van der Waals surface area contributed by atoms with E-state index in [1.54, 1.807) is 19.1 Å². The van der Waals surface area contributed by atoms with Crippen molar-refractivity contribution in [1.29, 1.82) is 0 Å². The van der Waals surface area contributed by atoms with Crippen LogP contribution in [0.2, 0.25) is 0 Å². The van der Waals surface area contributed by atoms with Crippen molar-refractivity contribution in [2.45, 2.75) is 50.2 Å². The molecule has 2 aliphatic rings. The molecule has 3 aromatic rings. The fourth-order valence-electron chi connectivity index (χ4n) is 4.22. The van der Waals surface area contributed by atoms with E-state index in [4.69, 9.17) is 9.84 Å². The van der Waals surface area contributed by atoms with Crippen molar-refractivity contribution in [2.24, 2.45) is 16.6 Å². The van der Waals surface area contributed by atoms with Crippen LogP contribution in [0.4, 0.5) is 14.6 Å². The van der Waals surface area contributed by atoms with Crippen molar-refractivity contribution in [3.63, 3.8) is 0 Å². The Bertz CT molecular complexity index is 1580. The summed E-state index contributed by atoms with van der Waals surface area (Å²) in [4.78, 5) is 41.2. The Morgan fingerprint density at radius 1 is 1.27 bits per heavy atom. The number of carbonyl (C=O) groups excluding carboxylic acids is 2. The van der Waals surface area contributed by atoms with Crippen molar-refractivity contribution < 1.29 is 28.2 Å². The number of carbonyl (C=O) groups is 2. The van der Waals surface area contributed by atoms with Crippen LogP contribution in [0.1, 0.15) is 60.4 Å². The normalized spacial score (nSPS) is 14.4. The van der Waals surface area contributed by atoms with Gasteiger partial charge < -0.3 is 20.5 Å². The van der Waals surface area contributed by atoms with Crippen LogP contribution in [0, 0.1) is 17.8 Å². The zero-order valence-corrected chi connectivity index (χ0v) is 26.4. The molecule has 0 spiro atoms. The molecule has 3 heterocycles. The summed E-state index contributed by atoms with van der Waals surface area (Å²) in [6.07, 6.45) is 3.58. The Morgan fingerprint density at radius 2 is 1.98 bits per heavy atom. The number of amides is 1. The van der Waals surface area contributed by atoms with Gasteiger partial charge in [0, 0.05) is 17.0 Å². The maximum Gasteiger partial charge on any atom is 0.280 e. The number of halogens is 2. The second-order valence-corrected chi connectivity index (χ2v) is 11.3. The highest BCUT2D eigenvalue weighted by molar-refractivity contribution is 8.14. The van der Waals surface area contributed by atoms with E-state index in [1.807, 2.05) is 13.0 Å². The van der Waals surface area contributed by atoms with Crippen LogP contribution in [0.25, 0.3) is 11.1 Å². The summed E-state index contributed by atoms with van der Waals surface area (Å²) in [5.41, 5.74) is 6.00. The van der Waals surface area contributed by atoms with E-state index in [2.05, 4.69) is 44.2 Å². The fraction of sp³-hybridized carbons (Fsp3) is 0.375. The summed E-state index contributed by atoms with van der Waals surface area (Å²) in [7, 11) is 2.92. The molecule has 0 unspecified atom stereocenters. The predicted molar refractivity (Wildman–Crippen MR) is 170 cm³/mol. The number of likely N-dealkylation sites (tertiary alicyclic amines) is 1. The number of methoxy groups -OCH3 is 1. The van der Waals surface area contributed by atoms with Gasteiger partial charge in [0.15, 0.2) is 10.8 Å². The minimum Gasteiger partial charge on any atom is -0.494 e. The number of nitrogens with zero attached hydrogens (tertiary/aromatic N) is 5. The highest BCUT2D eigenvalue weighted by Crippen LogP contribution is 2.38. The van der Waals surface area contributed by atoms with Gasteiger partial charge in [-0.25, -0.2) is 23.7 Å². The Balaban J connectivity index is 0.000000475. The van der Waals surface area contributed by atoms with Gasteiger partial charge in [0.1, 0.15) is 17.1 Å². The number of hydrogen-bond acceptors (Lipinski definition) is 10. The summed E-state index contributed by atoms with van der Waals surface area (Å²) in [6.45, 7) is 8.16. The molecule has 45 heavy (non-hydrogen) atoms. The Labute approximate surface area is 265 Å². The highest BCUT2D eigenvalue weighted by atomic mass is 32.2. The number of hydrogen-bond donors (Lipinski definition) is 2. The Hall–Kier alpha value is -4.25. The minimum atomic E-state index is -2.77. The van der Waals surface area contributed by atoms with Crippen molar-refractivity contribution in [2.75, 3.05) is 27.2 Å². The highest BCUT2D eigenvalue weighted by Gasteiger charge is 2.35. The molecular weight excluding hydrogens is 602 g/mol. The van der Waals surface area contributed by atoms with Gasteiger partial charge >= 0.3 is 0 Å². The first-order valence-corrected chi connectivity index (χ1v) is 14.9. The molecular formula is C32H36F2N6O4S. The van der Waals surface area contributed by atoms with Gasteiger partial charge in [-0.1, -0.05) is 25.0 Å².